The van der Waals surface area contributed by atoms with Gasteiger partial charge in [-0.25, -0.2) is 0 Å². The first-order valence-electron chi connectivity index (χ1n) is 5.79. The summed E-state index contributed by atoms with van der Waals surface area (Å²) in [4.78, 5) is 13.1. The van der Waals surface area contributed by atoms with Gasteiger partial charge in [-0.15, -0.1) is 0 Å². The molecular weight excluding hydrogens is 210 g/mol. The predicted octanol–water partition coefficient (Wildman–Crippen LogP) is 1.68. The lowest BCUT2D eigenvalue weighted by molar-refractivity contribution is -0.138. The van der Waals surface area contributed by atoms with E-state index in [1.54, 1.807) is 0 Å². The highest BCUT2D eigenvalue weighted by molar-refractivity contribution is 7.99. The maximum Gasteiger partial charge on any atom is 0.303 e. The molecule has 0 saturated carbocycles. The van der Waals surface area contributed by atoms with Crippen LogP contribution in [0.25, 0.3) is 0 Å². The maximum absolute atomic E-state index is 10.6. The minimum Gasteiger partial charge on any atom is -0.481 e. The number of hydrogen-bond donors (Lipinski definition) is 1. The summed E-state index contributed by atoms with van der Waals surface area (Å²) < 4.78 is 0. The van der Waals surface area contributed by atoms with E-state index in [1.165, 1.54) is 24.3 Å². The van der Waals surface area contributed by atoms with E-state index in [1.807, 2.05) is 11.8 Å². The number of nitrogens with zero attached hydrogens (tertiary/aromatic N) is 1. The second-order valence-corrected chi connectivity index (χ2v) is 5.82. The first-order chi connectivity index (χ1) is 7.25. The molecule has 0 aromatic heterocycles. The van der Waals surface area contributed by atoms with Gasteiger partial charge in [0, 0.05) is 19.0 Å². The second kappa shape index (κ2) is 5.21. The van der Waals surface area contributed by atoms with Gasteiger partial charge >= 0.3 is 5.97 Å². The van der Waals surface area contributed by atoms with Gasteiger partial charge in [0.25, 0.3) is 0 Å². The molecule has 1 unspecified atom stereocenters. The largest absolute Gasteiger partial charge is 0.481 e. The number of carboxylic acid groups (broad SMARTS) is 1. The van der Waals surface area contributed by atoms with Crippen molar-refractivity contribution >= 4 is 17.7 Å². The highest BCUT2D eigenvalue weighted by atomic mass is 32.2. The number of carboxylic acids is 1. The van der Waals surface area contributed by atoms with Crippen LogP contribution in [0.3, 0.4) is 0 Å². The van der Waals surface area contributed by atoms with Gasteiger partial charge in [0.15, 0.2) is 0 Å². The van der Waals surface area contributed by atoms with E-state index >= 15 is 0 Å². The molecule has 1 atom stereocenters. The topological polar surface area (TPSA) is 40.5 Å². The fraction of sp³-hybridized carbons (Fsp3) is 0.909. The van der Waals surface area contributed by atoms with Crippen LogP contribution in [0.15, 0.2) is 0 Å². The Bertz CT molecular complexity index is 229. The van der Waals surface area contributed by atoms with E-state index in [9.17, 15) is 4.79 Å². The summed E-state index contributed by atoms with van der Waals surface area (Å²) in [5.74, 6) is 2.33. The van der Waals surface area contributed by atoms with E-state index in [0.29, 0.717) is 12.3 Å². The van der Waals surface area contributed by atoms with Gasteiger partial charge in [0.05, 0.1) is 0 Å². The molecule has 0 amide bonds. The Balaban J connectivity index is 1.78. The Hall–Kier alpha value is -0.220. The molecule has 1 N–H and O–H groups in total. The van der Waals surface area contributed by atoms with Gasteiger partial charge in [0.2, 0.25) is 0 Å². The molecule has 3 nitrogen and oxygen atoms in total. The molecular formula is C11H19NO2S. The molecule has 0 aromatic carbocycles. The molecule has 0 aliphatic carbocycles. The van der Waals surface area contributed by atoms with Crippen LogP contribution in [0.1, 0.15) is 25.7 Å². The molecule has 2 aliphatic heterocycles. The molecule has 0 bridgehead atoms. The first kappa shape index (κ1) is 11.3. The SMILES string of the molecule is O=C(O)CC1CCN(C2CCSCC2)C1. The highest BCUT2D eigenvalue weighted by Gasteiger charge is 2.29. The summed E-state index contributed by atoms with van der Waals surface area (Å²) in [5, 5.41) is 8.75. The van der Waals surface area contributed by atoms with Gasteiger partial charge in [-0.05, 0) is 43.2 Å². The molecule has 2 heterocycles. The Morgan fingerprint density at radius 1 is 1.33 bits per heavy atom. The van der Waals surface area contributed by atoms with E-state index in [0.717, 1.165) is 25.6 Å². The zero-order valence-electron chi connectivity index (χ0n) is 9.02. The van der Waals surface area contributed by atoms with Crippen LogP contribution in [-0.4, -0.2) is 46.6 Å². The van der Waals surface area contributed by atoms with E-state index in [2.05, 4.69) is 4.90 Å². The van der Waals surface area contributed by atoms with Crippen LogP contribution < -0.4 is 0 Å². The summed E-state index contributed by atoms with van der Waals surface area (Å²) in [5.41, 5.74) is 0. The number of thioether (sulfide) groups is 1. The Kier molecular flexibility index (Phi) is 3.92. The first-order valence-corrected chi connectivity index (χ1v) is 6.95. The quantitative estimate of drug-likeness (QED) is 0.799. The standard InChI is InChI=1S/C11H19NO2S/c13-11(14)7-9-1-4-12(8-9)10-2-5-15-6-3-10/h9-10H,1-8H2,(H,13,14). The zero-order chi connectivity index (χ0) is 10.7. The predicted molar refractivity (Wildman–Crippen MR) is 62.3 cm³/mol. The third-order valence-electron chi connectivity index (χ3n) is 3.49. The fourth-order valence-electron chi connectivity index (χ4n) is 2.66. The van der Waals surface area contributed by atoms with Gasteiger partial charge in [-0.1, -0.05) is 0 Å². The van der Waals surface area contributed by atoms with E-state index in [-0.39, 0.29) is 0 Å². The minimum atomic E-state index is -0.638. The zero-order valence-corrected chi connectivity index (χ0v) is 9.84. The number of rotatable bonds is 3. The molecule has 0 radical (unpaired) electrons. The minimum absolute atomic E-state index is 0.359. The fourth-order valence-corrected chi connectivity index (χ4v) is 3.74. The van der Waals surface area contributed by atoms with Crippen molar-refractivity contribution in [1.82, 2.24) is 4.90 Å². The number of hydrogen-bond acceptors (Lipinski definition) is 3. The summed E-state index contributed by atoms with van der Waals surface area (Å²) in [6.45, 7) is 2.13. The monoisotopic (exact) mass is 229 g/mol. The number of likely N-dealkylation sites (tertiary alicyclic amines) is 1. The average Bonchev–Trinajstić information content (AvgIpc) is 2.67. The summed E-state index contributed by atoms with van der Waals surface area (Å²) in [6, 6.07) is 0.741. The smallest absolute Gasteiger partial charge is 0.303 e. The Labute approximate surface area is 95.2 Å². The molecule has 2 aliphatic rings. The van der Waals surface area contributed by atoms with Crippen LogP contribution >= 0.6 is 11.8 Å². The van der Waals surface area contributed by atoms with Crippen LogP contribution in [0.4, 0.5) is 0 Å². The highest BCUT2D eigenvalue weighted by Crippen LogP contribution is 2.28. The van der Waals surface area contributed by atoms with Crippen molar-refractivity contribution in [2.24, 2.45) is 5.92 Å². The van der Waals surface area contributed by atoms with Crippen LogP contribution in [0.5, 0.6) is 0 Å². The Morgan fingerprint density at radius 3 is 2.73 bits per heavy atom. The van der Waals surface area contributed by atoms with E-state index < -0.39 is 5.97 Å². The Morgan fingerprint density at radius 2 is 2.07 bits per heavy atom. The molecule has 86 valence electrons. The molecule has 2 fully saturated rings. The number of aliphatic carboxylic acids is 1. The molecule has 0 aromatic rings. The normalized spacial score (nSPS) is 29.5. The van der Waals surface area contributed by atoms with Crippen LogP contribution in [0.2, 0.25) is 0 Å². The van der Waals surface area contributed by atoms with Crippen molar-refractivity contribution in [3.8, 4) is 0 Å². The van der Waals surface area contributed by atoms with Crippen molar-refractivity contribution in [3.05, 3.63) is 0 Å². The lowest BCUT2D eigenvalue weighted by Gasteiger charge is -2.30. The van der Waals surface area contributed by atoms with Crippen LogP contribution in [-0.2, 0) is 4.79 Å². The number of carbonyl (C=O) groups is 1. The molecule has 0 spiro atoms. The third-order valence-corrected chi connectivity index (χ3v) is 4.54. The summed E-state index contributed by atoms with van der Waals surface area (Å²) in [7, 11) is 0. The van der Waals surface area contributed by atoms with Gasteiger partial charge in [-0.2, -0.15) is 11.8 Å². The molecule has 2 saturated heterocycles. The molecule has 4 heteroatoms. The van der Waals surface area contributed by atoms with Crippen molar-refractivity contribution < 1.29 is 9.90 Å². The van der Waals surface area contributed by atoms with Crippen LogP contribution in [0, 0.1) is 5.92 Å². The van der Waals surface area contributed by atoms with Gasteiger partial charge < -0.3 is 10.0 Å². The van der Waals surface area contributed by atoms with Gasteiger partial charge in [-0.3, -0.25) is 4.79 Å². The summed E-state index contributed by atoms with van der Waals surface area (Å²) >= 11 is 2.05. The van der Waals surface area contributed by atoms with Crippen molar-refractivity contribution in [3.63, 3.8) is 0 Å². The maximum atomic E-state index is 10.6. The van der Waals surface area contributed by atoms with Crippen molar-refractivity contribution in [2.45, 2.75) is 31.7 Å². The lowest BCUT2D eigenvalue weighted by Crippen LogP contribution is -2.36. The van der Waals surface area contributed by atoms with Crippen molar-refractivity contribution in [1.29, 1.82) is 0 Å². The second-order valence-electron chi connectivity index (χ2n) is 4.59. The third kappa shape index (κ3) is 3.11. The lowest BCUT2D eigenvalue weighted by atomic mass is 10.1. The summed E-state index contributed by atoms with van der Waals surface area (Å²) in [6.07, 6.45) is 4.03. The van der Waals surface area contributed by atoms with Gasteiger partial charge in [0.1, 0.15) is 0 Å². The van der Waals surface area contributed by atoms with E-state index in [4.69, 9.17) is 5.11 Å². The molecule has 2 rings (SSSR count). The molecule has 15 heavy (non-hydrogen) atoms. The van der Waals surface area contributed by atoms with Crippen molar-refractivity contribution in [2.75, 3.05) is 24.6 Å². The average molecular weight is 229 g/mol.